The number of alkyl halides is 3. The topological polar surface area (TPSA) is 29.5 Å². The van der Waals surface area contributed by atoms with Crippen LogP contribution in [-0.2, 0) is 12.6 Å². The van der Waals surface area contributed by atoms with E-state index in [9.17, 15) is 18.0 Å². The molecule has 0 fully saturated rings. The molecular formula is C20H22F3NO2. The lowest BCUT2D eigenvalue weighted by molar-refractivity contribution is -0.137. The fraction of sp³-hybridized carbons (Fsp3) is 0.350. The van der Waals surface area contributed by atoms with E-state index in [-0.39, 0.29) is 12.2 Å². The number of benzene rings is 2. The Morgan fingerprint density at radius 1 is 1.12 bits per heavy atom. The summed E-state index contributed by atoms with van der Waals surface area (Å²) in [4.78, 5) is 14.8. The second-order valence-corrected chi connectivity index (χ2v) is 6.46. The number of methoxy groups -OCH3 is 1. The highest BCUT2D eigenvalue weighted by Gasteiger charge is 2.31. The molecule has 2 rings (SSSR count). The lowest BCUT2D eigenvalue weighted by Gasteiger charge is -2.21. The van der Waals surface area contributed by atoms with E-state index in [1.807, 2.05) is 19.0 Å². The van der Waals surface area contributed by atoms with Gasteiger partial charge in [-0.3, -0.25) is 4.79 Å². The largest absolute Gasteiger partial charge is 0.497 e. The molecule has 0 aromatic heterocycles. The van der Waals surface area contributed by atoms with E-state index in [2.05, 4.69) is 0 Å². The van der Waals surface area contributed by atoms with Gasteiger partial charge in [0.05, 0.1) is 12.7 Å². The van der Waals surface area contributed by atoms with Crippen molar-refractivity contribution in [3.63, 3.8) is 0 Å². The third kappa shape index (κ3) is 5.33. The Kier molecular flexibility index (Phi) is 6.42. The number of ketones is 1. The van der Waals surface area contributed by atoms with Crippen LogP contribution in [0.1, 0.15) is 21.5 Å². The summed E-state index contributed by atoms with van der Waals surface area (Å²) in [5.74, 6) is -0.00544. The minimum Gasteiger partial charge on any atom is -0.497 e. The summed E-state index contributed by atoms with van der Waals surface area (Å²) in [6.07, 6.45) is -4.16. The van der Waals surface area contributed by atoms with E-state index in [1.54, 1.807) is 30.3 Å². The predicted octanol–water partition coefficient (Wildman–Crippen LogP) is 4.32. The molecule has 2 aromatic carbocycles. The first kappa shape index (κ1) is 20.0. The minimum absolute atomic E-state index is 0.116. The predicted molar refractivity (Wildman–Crippen MR) is 94.5 cm³/mol. The van der Waals surface area contributed by atoms with E-state index >= 15 is 0 Å². The zero-order valence-corrected chi connectivity index (χ0v) is 15.0. The number of ether oxygens (including phenoxy) is 1. The van der Waals surface area contributed by atoms with Crippen molar-refractivity contribution in [1.29, 1.82) is 0 Å². The highest BCUT2D eigenvalue weighted by Crippen LogP contribution is 2.30. The lowest BCUT2D eigenvalue weighted by Crippen LogP contribution is -2.29. The SMILES string of the molecule is COc1cccc(C(=O)C(Cc2cccc(C(F)(F)F)c2)CN(C)C)c1. The Morgan fingerprint density at radius 3 is 2.42 bits per heavy atom. The van der Waals surface area contributed by atoms with Gasteiger partial charge in [0, 0.05) is 18.0 Å². The van der Waals surface area contributed by atoms with Crippen LogP contribution in [0.4, 0.5) is 13.2 Å². The van der Waals surface area contributed by atoms with E-state index in [4.69, 9.17) is 4.74 Å². The summed E-state index contributed by atoms with van der Waals surface area (Å²) in [7, 11) is 5.18. The van der Waals surface area contributed by atoms with Crippen LogP contribution in [0, 0.1) is 5.92 Å². The minimum atomic E-state index is -4.40. The zero-order valence-electron chi connectivity index (χ0n) is 15.0. The van der Waals surface area contributed by atoms with Crippen molar-refractivity contribution in [3.8, 4) is 5.75 Å². The Bertz CT molecular complexity index is 757. The number of halogens is 3. The first-order valence-electron chi connectivity index (χ1n) is 8.20. The molecule has 0 heterocycles. The molecular weight excluding hydrogens is 343 g/mol. The Hall–Kier alpha value is -2.34. The maximum atomic E-state index is 12.9. The molecule has 0 bridgehead atoms. The second-order valence-electron chi connectivity index (χ2n) is 6.46. The molecule has 0 saturated heterocycles. The van der Waals surface area contributed by atoms with Gasteiger partial charge in [-0.05, 0) is 44.3 Å². The Labute approximate surface area is 151 Å². The summed E-state index contributed by atoms with van der Waals surface area (Å²) in [5, 5.41) is 0. The van der Waals surface area contributed by atoms with Crippen LogP contribution in [-0.4, -0.2) is 38.4 Å². The molecule has 1 atom stereocenters. The van der Waals surface area contributed by atoms with Gasteiger partial charge in [-0.15, -0.1) is 0 Å². The number of hydrogen-bond acceptors (Lipinski definition) is 3. The fourth-order valence-electron chi connectivity index (χ4n) is 2.85. The number of hydrogen-bond donors (Lipinski definition) is 0. The van der Waals surface area contributed by atoms with Crippen LogP contribution < -0.4 is 4.74 Å². The van der Waals surface area contributed by atoms with Crippen molar-refractivity contribution >= 4 is 5.78 Å². The highest BCUT2D eigenvalue weighted by molar-refractivity contribution is 5.98. The van der Waals surface area contributed by atoms with Gasteiger partial charge in [-0.2, -0.15) is 13.2 Å². The molecule has 140 valence electrons. The molecule has 0 aliphatic carbocycles. The summed E-state index contributed by atoms with van der Waals surface area (Å²) in [6, 6.07) is 12.0. The quantitative estimate of drug-likeness (QED) is 0.685. The number of nitrogens with zero attached hydrogens (tertiary/aromatic N) is 1. The van der Waals surface area contributed by atoms with Crippen molar-refractivity contribution in [2.75, 3.05) is 27.7 Å². The third-order valence-electron chi connectivity index (χ3n) is 4.05. The molecule has 0 aliphatic heterocycles. The average Bonchev–Trinajstić information content (AvgIpc) is 2.59. The molecule has 0 saturated carbocycles. The van der Waals surface area contributed by atoms with Crippen molar-refractivity contribution in [1.82, 2.24) is 4.90 Å². The summed E-state index contributed by atoms with van der Waals surface area (Å²) in [5.41, 5.74) is 0.276. The van der Waals surface area contributed by atoms with Crippen molar-refractivity contribution in [3.05, 3.63) is 65.2 Å². The van der Waals surface area contributed by atoms with Crippen molar-refractivity contribution < 1.29 is 22.7 Å². The van der Waals surface area contributed by atoms with Crippen LogP contribution in [0.15, 0.2) is 48.5 Å². The van der Waals surface area contributed by atoms with E-state index in [1.165, 1.54) is 13.2 Å². The monoisotopic (exact) mass is 365 g/mol. The average molecular weight is 365 g/mol. The number of carbonyl (C=O) groups excluding carboxylic acids is 1. The van der Waals surface area contributed by atoms with Crippen LogP contribution in [0.3, 0.4) is 0 Å². The molecule has 0 aliphatic rings. The van der Waals surface area contributed by atoms with Gasteiger partial charge in [0.25, 0.3) is 0 Å². The molecule has 6 heteroatoms. The van der Waals surface area contributed by atoms with Gasteiger partial charge in [0.1, 0.15) is 5.75 Å². The van der Waals surface area contributed by atoms with Gasteiger partial charge in [0.15, 0.2) is 5.78 Å². The van der Waals surface area contributed by atoms with Gasteiger partial charge >= 0.3 is 6.18 Å². The van der Waals surface area contributed by atoms with Crippen LogP contribution >= 0.6 is 0 Å². The van der Waals surface area contributed by atoms with Crippen molar-refractivity contribution in [2.45, 2.75) is 12.6 Å². The zero-order chi connectivity index (χ0) is 19.3. The van der Waals surface area contributed by atoms with Crippen LogP contribution in [0.25, 0.3) is 0 Å². The molecule has 0 radical (unpaired) electrons. The van der Waals surface area contributed by atoms with Gasteiger partial charge in [0.2, 0.25) is 0 Å². The third-order valence-corrected chi connectivity index (χ3v) is 4.05. The Morgan fingerprint density at radius 2 is 1.81 bits per heavy atom. The van der Waals surface area contributed by atoms with Crippen molar-refractivity contribution in [2.24, 2.45) is 5.92 Å². The Balaban J connectivity index is 2.28. The molecule has 0 spiro atoms. The fourth-order valence-corrected chi connectivity index (χ4v) is 2.85. The molecule has 0 amide bonds. The van der Waals surface area contributed by atoms with E-state index in [0.29, 0.717) is 23.4 Å². The molecule has 3 nitrogen and oxygen atoms in total. The molecule has 1 unspecified atom stereocenters. The highest BCUT2D eigenvalue weighted by atomic mass is 19.4. The number of carbonyl (C=O) groups is 1. The maximum Gasteiger partial charge on any atom is 0.416 e. The normalized spacial score (nSPS) is 12.9. The molecule has 0 N–H and O–H groups in total. The second kappa shape index (κ2) is 8.36. The molecule has 26 heavy (non-hydrogen) atoms. The number of Topliss-reactive ketones (excluding diaryl/α,β-unsaturated/α-hetero) is 1. The van der Waals surface area contributed by atoms with Gasteiger partial charge in [-0.1, -0.05) is 30.3 Å². The van der Waals surface area contributed by atoms with Crippen LogP contribution in [0.2, 0.25) is 0 Å². The van der Waals surface area contributed by atoms with Gasteiger partial charge < -0.3 is 9.64 Å². The summed E-state index contributed by atoms with van der Waals surface area (Å²) in [6.45, 7) is 0.437. The first-order valence-corrected chi connectivity index (χ1v) is 8.20. The smallest absolute Gasteiger partial charge is 0.416 e. The van der Waals surface area contributed by atoms with Gasteiger partial charge in [-0.25, -0.2) is 0 Å². The van der Waals surface area contributed by atoms with E-state index in [0.717, 1.165) is 12.1 Å². The standard InChI is InChI=1S/C20H22F3NO2/c1-24(2)13-16(19(25)15-7-5-9-18(12-15)26-3)10-14-6-4-8-17(11-14)20(21,22)23/h4-9,11-12,16H,10,13H2,1-3H3. The molecule has 2 aromatic rings. The summed E-state index contributed by atoms with van der Waals surface area (Å²) >= 11 is 0. The van der Waals surface area contributed by atoms with E-state index < -0.39 is 17.7 Å². The summed E-state index contributed by atoms with van der Waals surface area (Å²) < 4.78 is 43.9. The first-order chi connectivity index (χ1) is 12.2. The maximum absolute atomic E-state index is 12.9. The lowest BCUT2D eigenvalue weighted by atomic mass is 9.90. The van der Waals surface area contributed by atoms with Crippen LogP contribution in [0.5, 0.6) is 5.75 Å². The number of rotatable bonds is 7.